The first kappa shape index (κ1) is 12.5. The molecular weight excluding hydrogens is 292 g/mol. The molecule has 1 atom stereocenters. The molecule has 0 N–H and O–H groups in total. The number of benzene rings is 1. The maximum absolute atomic E-state index is 13.7. The summed E-state index contributed by atoms with van der Waals surface area (Å²) < 4.78 is 27.2. The second-order valence-electron chi connectivity index (χ2n) is 4.08. The van der Waals surface area contributed by atoms with Gasteiger partial charge in [0.05, 0.1) is 10.2 Å². The minimum Gasteiger partial charge on any atom is -0.309 e. The number of rotatable bonds is 2. The molecule has 0 aliphatic carbocycles. The summed E-state index contributed by atoms with van der Waals surface area (Å²) in [5.41, 5.74) is 0.0339. The van der Waals surface area contributed by atoms with Crippen LogP contribution >= 0.6 is 15.9 Å². The van der Waals surface area contributed by atoms with Gasteiger partial charge in [0, 0.05) is 12.5 Å². The molecular formula is C12H12BrF2NO. The lowest BCUT2D eigenvalue weighted by atomic mass is 10.1. The smallest absolute Gasteiger partial charge is 0.230 e. The van der Waals surface area contributed by atoms with Crippen molar-refractivity contribution < 1.29 is 13.6 Å². The van der Waals surface area contributed by atoms with Gasteiger partial charge in [-0.3, -0.25) is 4.79 Å². The van der Waals surface area contributed by atoms with Gasteiger partial charge in [-0.25, -0.2) is 8.78 Å². The number of hydrogen-bond donors (Lipinski definition) is 0. The van der Waals surface area contributed by atoms with Gasteiger partial charge in [-0.2, -0.15) is 0 Å². The zero-order valence-corrected chi connectivity index (χ0v) is 10.9. The predicted molar refractivity (Wildman–Crippen MR) is 64.8 cm³/mol. The number of carbonyl (C=O) groups is 1. The largest absolute Gasteiger partial charge is 0.309 e. The molecule has 92 valence electrons. The predicted octanol–water partition coefficient (Wildman–Crippen LogP) is 3.49. The highest BCUT2D eigenvalue weighted by Crippen LogP contribution is 2.32. The fourth-order valence-electron chi connectivity index (χ4n) is 2.08. The Morgan fingerprint density at radius 2 is 2.12 bits per heavy atom. The first-order valence-corrected chi connectivity index (χ1v) is 6.30. The molecule has 1 aliphatic rings. The van der Waals surface area contributed by atoms with Crippen molar-refractivity contribution in [3.05, 3.63) is 28.2 Å². The van der Waals surface area contributed by atoms with E-state index in [1.165, 1.54) is 17.0 Å². The second-order valence-corrected chi connectivity index (χ2v) is 4.93. The Hall–Kier alpha value is -0.970. The Bertz CT molecular complexity index is 464. The summed E-state index contributed by atoms with van der Waals surface area (Å²) >= 11 is 2.91. The standard InChI is InChI=1S/C12H12BrF2NO/c1-2-7-5-6-16(12(7)17)9-4-3-8(13)10(14)11(9)15/h3-4,7H,2,5-6H2,1H3. The Morgan fingerprint density at radius 3 is 2.71 bits per heavy atom. The van der Waals surface area contributed by atoms with Crippen molar-refractivity contribution in [2.45, 2.75) is 19.8 Å². The molecule has 1 aliphatic heterocycles. The van der Waals surface area contributed by atoms with Crippen LogP contribution in [0.5, 0.6) is 0 Å². The van der Waals surface area contributed by atoms with Crippen molar-refractivity contribution in [2.24, 2.45) is 5.92 Å². The van der Waals surface area contributed by atoms with Crippen molar-refractivity contribution in [3.63, 3.8) is 0 Å². The van der Waals surface area contributed by atoms with Crippen LogP contribution in [0, 0.1) is 17.6 Å². The van der Waals surface area contributed by atoms with E-state index in [4.69, 9.17) is 0 Å². The van der Waals surface area contributed by atoms with Crippen molar-refractivity contribution in [2.75, 3.05) is 11.4 Å². The van der Waals surface area contributed by atoms with Gasteiger partial charge in [-0.05, 0) is 40.9 Å². The van der Waals surface area contributed by atoms with Gasteiger partial charge >= 0.3 is 0 Å². The van der Waals surface area contributed by atoms with Gasteiger partial charge in [0.1, 0.15) is 0 Å². The molecule has 1 fully saturated rings. The third-order valence-corrected chi connectivity index (χ3v) is 3.73. The molecule has 0 aromatic heterocycles. The molecule has 0 saturated carbocycles. The van der Waals surface area contributed by atoms with Crippen molar-refractivity contribution >= 4 is 27.5 Å². The van der Waals surface area contributed by atoms with Gasteiger partial charge < -0.3 is 4.90 Å². The van der Waals surface area contributed by atoms with Crippen molar-refractivity contribution in [3.8, 4) is 0 Å². The summed E-state index contributed by atoms with van der Waals surface area (Å²) in [5.74, 6) is -2.10. The zero-order valence-electron chi connectivity index (χ0n) is 9.34. The number of amides is 1. The van der Waals surface area contributed by atoms with E-state index in [-0.39, 0.29) is 22.0 Å². The van der Waals surface area contributed by atoms with E-state index in [9.17, 15) is 13.6 Å². The summed E-state index contributed by atoms with van der Waals surface area (Å²) in [5, 5.41) is 0. The van der Waals surface area contributed by atoms with Crippen LogP contribution in [-0.4, -0.2) is 12.5 Å². The average molecular weight is 304 g/mol. The Balaban J connectivity index is 2.36. The molecule has 2 nitrogen and oxygen atoms in total. The minimum atomic E-state index is -0.968. The van der Waals surface area contributed by atoms with E-state index in [0.29, 0.717) is 13.0 Å². The molecule has 0 spiro atoms. The van der Waals surface area contributed by atoms with E-state index in [0.717, 1.165) is 6.42 Å². The van der Waals surface area contributed by atoms with Crippen LogP contribution in [0.15, 0.2) is 16.6 Å². The molecule has 1 aromatic rings. The first-order valence-electron chi connectivity index (χ1n) is 5.51. The molecule has 0 radical (unpaired) electrons. The van der Waals surface area contributed by atoms with Crippen LogP contribution < -0.4 is 4.90 Å². The fourth-order valence-corrected chi connectivity index (χ4v) is 2.39. The van der Waals surface area contributed by atoms with E-state index < -0.39 is 11.6 Å². The molecule has 17 heavy (non-hydrogen) atoms. The molecule has 1 saturated heterocycles. The summed E-state index contributed by atoms with van der Waals surface area (Å²) in [6.45, 7) is 2.37. The van der Waals surface area contributed by atoms with E-state index >= 15 is 0 Å². The van der Waals surface area contributed by atoms with Gasteiger partial charge in [-0.15, -0.1) is 0 Å². The van der Waals surface area contributed by atoms with Crippen LogP contribution in [0.1, 0.15) is 19.8 Å². The lowest BCUT2D eigenvalue weighted by Crippen LogP contribution is -2.28. The SMILES string of the molecule is CCC1CCN(c2ccc(Br)c(F)c2F)C1=O. The summed E-state index contributed by atoms with van der Waals surface area (Å²) in [6, 6.07) is 2.85. The number of hydrogen-bond acceptors (Lipinski definition) is 1. The average Bonchev–Trinajstić information content (AvgIpc) is 2.68. The van der Waals surface area contributed by atoms with Crippen LogP contribution in [0.4, 0.5) is 14.5 Å². The van der Waals surface area contributed by atoms with E-state index in [2.05, 4.69) is 15.9 Å². The number of anilines is 1. The van der Waals surface area contributed by atoms with Crippen LogP contribution in [0.25, 0.3) is 0 Å². The summed E-state index contributed by atoms with van der Waals surface area (Å²) in [7, 11) is 0. The molecule has 5 heteroatoms. The fraction of sp³-hybridized carbons (Fsp3) is 0.417. The molecule has 1 amide bonds. The highest BCUT2D eigenvalue weighted by atomic mass is 79.9. The Morgan fingerprint density at radius 1 is 1.41 bits per heavy atom. The zero-order chi connectivity index (χ0) is 12.6. The Kier molecular flexibility index (Phi) is 3.47. The van der Waals surface area contributed by atoms with Crippen LogP contribution in [-0.2, 0) is 4.79 Å². The topological polar surface area (TPSA) is 20.3 Å². The Labute approximate surface area is 107 Å². The van der Waals surface area contributed by atoms with E-state index in [1.807, 2.05) is 6.92 Å². The van der Waals surface area contributed by atoms with E-state index in [1.54, 1.807) is 0 Å². The van der Waals surface area contributed by atoms with Gasteiger partial charge in [-0.1, -0.05) is 6.92 Å². The maximum atomic E-state index is 13.7. The molecule has 1 heterocycles. The number of carbonyl (C=O) groups excluding carboxylic acids is 1. The van der Waals surface area contributed by atoms with Crippen molar-refractivity contribution in [1.82, 2.24) is 0 Å². The summed E-state index contributed by atoms with van der Waals surface area (Å²) in [4.78, 5) is 13.2. The lowest BCUT2D eigenvalue weighted by Gasteiger charge is -2.17. The quantitative estimate of drug-likeness (QED) is 0.766. The highest BCUT2D eigenvalue weighted by Gasteiger charge is 2.33. The second kappa shape index (κ2) is 4.72. The molecule has 2 rings (SSSR count). The van der Waals surface area contributed by atoms with Crippen LogP contribution in [0.2, 0.25) is 0 Å². The first-order chi connectivity index (χ1) is 8.06. The normalized spacial score (nSPS) is 20.1. The third-order valence-electron chi connectivity index (χ3n) is 3.11. The minimum absolute atomic E-state index is 0.0339. The lowest BCUT2D eigenvalue weighted by molar-refractivity contribution is -0.120. The third kappa shape index (κ3) is 2.08. The molecule has 0 bridgehead atoms. The van der Waals surface area contributed by atoms with Crippen molar-refractivity contribution in [1.29, 1.82) is 0 Å². The van der Waals surface area contributed by atoms with Gasteiger partial charge in [0.25, 0.3) is 0 Å². The summed E-state index contributed by atoms with van der Waals surface area (Å²) in [6.07, 6.45) is 1.43. The number of halogens is 3. The monoisotopic (exact) mass is 303 g/mol. The van der Waals surface area contributed by atoms with Gasteiger partial charge in [0.2, 0.25) is 5.91 Å². The highest BCUT2D eigenvalue weighted by molar-refractivity contribution is 9.10. The molecule has 1 aromatic carbocycles. The van der Waals surface area contributed by atoms with Gasteiger partial charge in [0.15, 0.2) is 11.6 Å². The van der Waals surface area contributed by atoms with Crippen LogP contribution in [0.3, 0.4) is 0 Å². The maximum Gasteiger partial charge on any atom is 0.230 e. The number of nitrogens with zero attached hydrogens (tertiary/aromatic N) is 1. The molecule has 1 unspecified atom stereocenters.